The van der Waals surface area contributed by atoms with E-state index in [1.807, 2.05) is 0 Å². The van der Waals surface area contributed by atoms with Gasteiger partial charge in [0.2, 0.25) is 0 Å². The fraction of sp³-hybridized carbons (Fsp3) is 0.455. The molecule has 84 valence electrons. The highest BCUT2D eigenvalue weighted by atomic mass is 35.5. The SMILES string of the molecule is OCCCCCNc1cc(F)ccc1Cl. The average molecular weight is 232 g/mol. The zero-order chi connectivity index (χ0) is 11.1. The lowest BCUT2D eigenvalue weighted by Gasteiger charge is -2.07. The highest BCUT2D eigenvalue weighted by Gasteiger charge is 2.00. The number of unbranched alkanes of at least 4 members (excludes halogenated alkanes) is 2. The van der Waals surface area contributed by atoms with Gasteiger partial charge in [0, 0.05) is 13.2 Å². The molecule has 4 heteroatoms. The minimum absolute atomic E-state index is 0.223. The molecule has 15 heavy (non-hydrogen) atoms. The van der Waals surface area contributed by atoms with E-state index in [0.29, 0.717) is 10.7 Å². The molecular formula is C11H15ClFNO. The van der Waals surface area contributed by atoms with Crippen LogP contribution in [0.4, 0.5) is 10.1 Å². The molecule has 0 bridgehead atoms. The molecule has 1 aromatic carbocycles. The molecule has 2 nitrogen and oxygen atoms in total. The Hall–Kier alpha value is -0.800. The Kier molecular flexibility index (Phi) is 5.43. The summed E-state index contributed by atoms with van der Waals surface area (Å²) in [4.78, 5) is 0. The summed E-state index contributed by atoms with van der Waals surface area (Å²) in [7, 11) is 0. The fourth-order valence-electron chi connectivity index (χ4n) is 1.27. The van der Waals surface area contributed by atoms with Gasteiger partial charge in [0.15, 0.2) is 0 Å². The van der Waals surface area contributed by atoms with Crippen LogP contribution in [0.2, 0.25) is 5.02 Å². The molecule has 0 amide bonds. The van der Waals surface area contributed by atoms with E-state index >= 15 is 0 Å². The van der Waals surface area contributed by atoms with E-state index in [0.717, 1.165) is 25.8 Å². The van der Waals surface area contributed by atoms with Crippen molar-refractivity contribution in [3.8, 4) is 0 Å². The Labute approximate surface area is 94.1 Å². The van der Waals surface area contributed by atoms with Crippen LogP contribution in [0, 0.1) is 5.82 Å². The Morgan fingerprint density at radius 2 is 2.07 bits per heavy atom. The van der Waals surface area contributed by atoms with E-state index in [1.165, 1.54) is 18.2 Å². The molecule has 2 N–H and O–H groups in total. The number of hydrogen-bond donors (Lipinski definition) is 2. The third-order valence-corrected chi connectivity index (χ3v) is 2.41. The van der Waals surface area contributed by atoms with Gasteiger partial charge in [0.05, 0.1) is 10.7 Å². The fourth-order valence-corrected chi connectivity index (χ4v) is 1.45. The molecule has 0 aliphatic rings. The first kappa shape index (κ1) is 12.3. The Morgan fingerprint density at radius 3 is 2.80 bits per heavy atom. The molecule has 1 aromatic rings. The first-order valence-corrected chi connectivity index (χ1v) is 5.41. The van der Waals surface area contributed by atoms with Crippen LogP contribution in [0.3, 0.4) is 0 Å². The van der Waals surface area contributed by atoms with Gasteiger partial charge in [-0.1, -0.05) is 11.6 Å². The lowest BCUT2D eigenvalue weighted by atomic mass is 10.2. The van der Waals surface area contributed by atoms with Crippen molar-refractivity contribution in [1.82, 2.24) is 0 Å². The maximum absolute atomic E-state index is 12.8. The molecule has 0 aliphatic heterocycles. The summed E-state index contributed by atoms with van der Waals surface area (Å²) in [5.74, 6) is -0.294. The van der Waals surface area contributed by atoms with E-state index in [-0.39, 0.29) is 12.4 Å². The highest BCUT2D eigenvalue weighted by Crippen LogP contribution is 2.22. The maximum Gasteiger partial charge on any atom is 0.125 e. The van der Waals surface area contributed by atoms with Gasteiger partial charge in [-0.2, -0.15) is 0 Å². The van der Waals surface area contributed by atoms with Crippen molar-refractivity contribution in [2.75, 3.05) is 18.5 Å². The molecule has 0 heterocycles. The first-order chi connectivity index (χ1) is 7.24. The molecule has 0 atom stereocenters. The van der Waals surface area contributed by atoms with Gasteiger partial charge >= 0.3 is 0 Å². The van der Waals surface area contributed by atoms with Crippen LogP contribution < -0.4 is 5.32 Å². The molecule has 0 aromatic heterocycles. The summed E-state index contributed by atoms with van der Waals surface area (Å²) in [6, 6.07) is 4.25. The first-order valence-electron chi connectivity index (χ1n) is 5.04. The number of aliphatic hydroxyl groups excluding tert-OH is 1. The molecule has 0 spiro atoms. The third kappa shape index (κ3) is 4.49. The second kappa shape index (κ2) is 6.64. The Bertz CT molecular complexity index is 307. The zero-order valence-corrected chi connectivity index (χ0v) is 9.23. The summed E-state index contributed by atoms with van der Waals surface area (Å²) >= 11 is 5.87. The van der Waals surface area contributed by atoms with E-state index in [2.05, 4.69) is 5.32 Å². The van der Waals surface area contributed by atoms with Gasteiger partial charge in [-0.15, -0.1) is 0 Å². The van der Waals surface area contributed by atoms with Gasteiger partial charge in [-0.3, -0.25) is 0 Å². The Morgan fingerprint density at radius 1 is 1.27 bits per heavy atom. The van der Waals surface area contributed by atoms with E-state index in [9.17, 15) is 4.39 Å². The molecule has 0 saturated carbocycles. The smallest absolute Gasteiger partial charge is 0.125 e. The van der Waals surface area contributed by atoms with Crippen molar-refractivity contribution in [3.05, 3.63) is 29.0 Å². The van der Waals surface area contributed by atoms with Gasteiger partial charge in [-0.05, 0) is 37.5 Å². The number of anilines is 1. The van der Waals surface area contributed by atoms with Crippen molar-refractivity contribution in [1.29, 1.82) is 0 Å². The number of halogens is 2. The lowest BCUT2D eigenvalue weighted by molar-refractivity contribution is 0.283. The summed E-state index contributed by atoms with van der Waals surface area (Å²) in [6.07, 6.45) is 2.70. The minimum Gasteiger partial charge on any atom is -0.396 e. The quantitative estimate of drug-likeness (QED) is 0.738. The highest BCUT2D eigenvalue weighted by molar-refractivity contribution is 6.33. The summed E-state index contributed by atoms with van der Waals surface area (Å²) in [5, 5.41) is 12.2. The van der Waals surface area contributed by atoms with E-state index < -0.39 is 0 Å². The van der Waals surface area contributed by atoms with Crippen molar-refractivity contribution < 1.29 is 9.50 Å². The number of nitrogens with one attached hydrogen (secondary N) is 1. The molecule has 0 fully saturated rings. The number of rotatable bonds is 6. The molecule has 0 saturated heterocycles. The molecule has 0 aliphatic carbocycles. The van der Waals surface area contributed by atoms with Gasteiger partial charge in [0.25, 0.3) is 0 Å². The maximum atomic E-state index is 12.8. The van der Waals surface area contributed by atoms with Gasteiger partial charge < -0.3 is 10.4 Å². The summed E-state index contributed by atoms with van der Waals surface area (Å²) < 4.78 is 12.8. The normalized spacial score (nSPS) is 10.3. The van der Waals surface area contributed by atoms with Crippen LogP contribution in [-0.2, 0) is 0 Å². The van der Waals surface area contributed by atoms with Gasteiger partial charge in [-0.25, -0.2) is 4.39 Å². The predicted molar refractivity (Wildman–Crippen MR) is 60.8 cm³/mol. The van der Waals surface area contributed by atoms with Gasteiger partial charge in [0.1, 0.15) is 5.82 Å². The van der Waals surface area contributed by atoms with E-state index in [4.69, 9.17) is 16.7 Å². The molecule has 0 unspecified atom stereocenters. The van der Waals surface area contributed by atoms with Crippen molar-refractivity contribution in [2.24, 2.45) is 0 Å². The number of aliphatic hydroxyl groups is 1. The lowest BCUT2D eigenvalue weighted by Crippen LogP contribution is -2.02. The molecule has 1 rings (SSSR count). The van der Waals surface area contributed by atoms with Crippen LogP contribution in [0.1, 0.15) is 19.3 Å². The van der Waals surface area contributed by atoms with Crippen molar-refractivity contribution in [3.63, 3.8) is 0 Å². The summed E-state index contributed by atoms with van der Waals surface area (Å²) in [6.45, 7) is 0.962. The Balaban J connectivity index is 2.33. The van der Waals surface area contributed by atoms with Crippen LogP contribution in [-0.4, -0.2) is 18.3 Å². The van der Waals surface area contributed by atoms with Crippen molar-refractivity contribution in [2.45, 2.75) is 19.3 Å². The minimum atomic E-state index is -0.294. The molecular weight excluding hydrogens is 217 g/mol. The molecule has 0 radical (unpaired) electrons. The number of benzene rings is 1. The topological polar surface area (TPSA) is 32.3 Å². The largest absolute Gasteiger partial charge is 0.396 e. The standard InChI is InChI=1S/C11H15ClFNO/c12-10-5-4-9(13)8-11(10)14-6-2-1-3-7-15/h4-5,8,14-15H,1-3,6-7H2. The van der Waals surface area contributed by atoms with Crippen LogP contribution in [0.25, 0.3) is 0 Å². The predicted octanol–water partition coefficient (Wildman–Crippen LogP) is 3.05. The van der Waals surface area contributed by atoms with E-state index in [1.54, 1.807) is 0 Å². The van der Waals surface area contributed by atoms with Crippen LogP contribution in [0.5, 0.6) is 0 Å². The van der Waals surface area contributed by atoms with Crippen molar-refractivity contribution >= 4 is 17.3 Å². The third-order valence-electron chi connectivity index (χ3n) is 2.08. The summed E-state index contributed by atoms with van der Waals surface area (Å²) in [5.41, 5.74) is 0.626. The second-order valence-corrected chi connectivity index (χ2v) is 3.74. The number of hydrogen-bond acceptors (Lipinski definition) is 2. The van der Waals surface area contributed by atoms with Crippen LogP contribution in [0.15, 0.2) is 18.2 Å². The van der Waals surface area contributed by atoms with Crippen LogP contribution >= 0.6 is 11.6 Å². The second-order valence-electron chi connectivity index (χ2n) is 3.34. The average Bonchev–Trinajstić information content (AvgIpc) is 2.23. The zero-order valence-electron chi connectivity index (χ0n) is 8.47. The monoisotopic (exact) mass is 231 g/mol.